The smallest absolute Gasteiger partial charge is 0.261 e. The van der Waals surface area contributed by atoms with Gasteiger partial charge in [0.05, 0.1) is 74.3 Å². The van der Waals surface area contributed by atoms with Crippen LogP contribution < -0.4 is 10.4 Å². The van der Waals surface area contributed by atoms with E-state index in [0.717, 1.165) is 239 Å². The molecule has 674 valence electrons. The van der Waals surface area contributed by atoms with Crippen LogP contribution in [-0.2, 0) is 19.2 Å². The van der Waals surface area contributed by atoms with E-state index in [1.807, 2.05) is 54.4 Å². The summed E-state index contributed by atoms with van der Waals surface area (Å²) in [5.74, 6) is 2.32. The van der Waals surface area contributed by atoms with Crippen molar-refractivity contribution in [1.82, 2.24) is 19.6 Å². The largest absolute Gasteiger partial charge is 0.306 e. The van der Waals surface area contributed by atoms with Gasteiger partial charge in [0.2, 0.25) is 0 Å². The minimum absolute atomic E-state index is 0.0657. The van der Waals surface area contributed by atoms with Gasteiger partial charge in [-0.1, -0.05) is 264 Å². The lowest BCUT2D eigenvalue weighted by Gasteiger charge is -2.35. The number of unbranched alkanes of at least 4 members (excludes halogenated alkanes) is 12. The molecule has 0 aromatic carbocycles. The number of hydrogen-bond donors (Lipinski definition) is 0. The van der Waals surface area contributed by atoms with E-state index in [0.29, 0.717) is 73.1 Å². The monoisotopic (exact) mass is 1850 g/mol. The molecule has 4 amide bonds. The summed E-state index contributed by atoms with van der Waals surface area (Å²) in [6, 6.07) is 33.6. The van der Waals surface area contributed by atoms with E-state index in [1.165, 1.54) is 79.9 Å². The van der Waals surface area contributed by atoms with E-state index in [4.69, 9.17) is 0 Å². The number of fused-ring (bicyclic) bond motifs is 5. The third-order valence-corrected chi connectivity index (χ3v) is 43.6. The van der Waals surface area contributed by atoms with Crippen LogP contribution in [0.25, 0.3) is 71.6 Å². The van der Waals surface area contributed by atoms with Gasteiger partial charge in [0, 0.05) is 87.8 Å². The second-order valence-electron chi connectivity index (χ2n) is 36.7. The quantitative estimate of drug-likeness (QED) is 0.0213. The summed E-state index contributed by atoms with van der Waals surface area (Å²) >= 11 is 13.9. The first kappa shape index (κ1) is 96.6. The van der Waals surface area contributed by atoms with Crippen LogP contribution in [0.5, 0.6) is 0 Å². The number of ketones is 2. The Bertz CT molecular complexity index is 4850. The number of Topliss-reactive ketones (excluding diaryl/α,β-unsaturated/α-hetero) is 2. The summed E-state index contributed by atoms with van der Waals surface area (Å²) < 4.78 is 0. The summed E-state index contributed by atoms with van der Waals surface area (Å²) in [6.45, 7) is 34.2. The van der Waals surface area contributed by atoms with Gasteiger partial charge in [-0.25, -0.2) is 0 Å². The molecule has 6 atom stereocenters. The van der Waals surface area contributed by atoms with Crippen LogP contribution in [-0.4, -0.2) is 89.0 Å². The van der Waals surface area contributed by atoms with Crippen LogP contribution in [0.4, 0.5) is 0 Å². The minimum atomic E-state index is -2.61. The van der Waals surface area contributed by atoms with Gasteiger partial charge in [-0.05, 0) is 181 Å². The zero-order chi connectivity index (χ0) is 88.6. The van der Waals surface area contributed by atoms with Gasteiger partial charge < -0.3 is 19.6 Å². The van der Waals surface area contributed by atoms with E-state index in [-0.39, 0.29) is 58.9 Å². The number of amides is 4. The molecule has 5 aliphatic heterocycles. The molecule has 13 heterocycles. The first-order valence-corrected chi connectivity index (χ1v) is 58.0. The van der Waals surface area contributed by atoms with Crippen molar-refractivity contribution in [3.05, 3.63) is 136 Å². The lowest BCUT2D eigenvalue weighted by atomic mass is 9.98. The minimum Gasteiger partial charge on any atom is -0.306 e. The molecule has 0 N–H and O–H groups in total. The molecule has 13 rings (SSSR count). The Morgan fingerprint density at radius 2 is 0.512 bits per heavy atom. The maximum atomic E-state index is 16.2. The van der Waals surface area contributed by atoms with E-state index >= 15 is 19.2 Å². The Morgan fingerprint density at radius 3 is 0.776 bits per heavy atom. The molecule has 0 spiro atoms. The van der Waals surface area contributed by atoms with Gasteiger partial charge in [-0.2, -0.15) is 0 Å². The highest BCUT2D eigenvalue weighted by Gasteiger charge is 2.54. The van der Waals surface area contributed by atoms with Crippen molar-refractivity contribution < 1.29 is 28.8 Å². The zero-order valence-corrected chi connectivity index (χ0v) is 85.4. The van der Waals surface area contributed by atoms with Crippen molar-refractivity contribution in [3.63, 3.8) is 0 Å². The number of nitrogens with zero attached hydrogens (tertiary/aromatic N) is 4. The highest BCUT2D eigenvalue weighted by Crippen LogP contribution is 2.57. The Labute approximate surface area is 783 Å². The second kappa shape index (κ2) is 45.7. The molecule has 10 nitrogen and oxygen atoms in total. The van der Waals surface area contributed by atoms with E-state index in [9.17, 15) is 9.59 Å². The van der Waals surface area contributed by atoms with Gasteiger partial charge in [0.15, 0.2) is 11.6 Å². The molecule has 0 aliphatic carbocycles. The molecule has 0 saturated carbocycles. The van der Waals surface area contributed by atoms with Crippen LogP contribution in [0.15, 0.2) is 107 Å². The fraction of sp³-hybridized carbons (Fsp3) is 0.566. The highest BCUT2D eigenvalue weighted by atomic mass is 32.1. The summed E-state index contributed by atoms with van der Waals surface area (Å²) in [7, 11) is -2.61. The average molecular weight is 1850 g/mol. The summed E-state index contributed by atoms with van der Waals surface area (Å²) in [5, 5.41) is 3.21. The number of thiophene rings is 8. The summed E-state index contributed by atoms with van der Waals surface area (Å²) in [6.07, 6.45) is 35.4. The lowest BCUT2D eigenvalue weighted by molar-refractivity contribution is -0.124. The van der Waals surface area contributed by atoms with E-state index < -0.39 is 8.07 Å². The van der Waals surface area contributed by atoms with Gasteiger partial charge in [-0.15, -0.1) is 90.7 Å². The first-order chi connectivity index (χ1) is 60.8. The average Bonchev–Trinajstić information content (AvgIpc) is 1.54. The maximum absolute atomic E-state index is 16.2. The Hall–Kier alpha value is -6.00. The molecule has 0 fully saturated rings. The van der Waals surface area contributed by atoms with Crippen LogP contribution in [0.3, 0.4) is 0 Å². The fourth-order valence-corrected chi connectivity index (χ4v) is 37.1. The summed E-state index contributed by atoms with van der Waals surface area (Å²) in [4.78, 5) is 117. The molecule has 125 heavy (non-hydrogen) atoms. The lowest BCUT2D eigenvalue weighted by Crippen LogP contribution is -2.56. The van der Waals surface area contributed by atoms with E-state index in [2.05, 4.69) is 170 Å². The van der Waals surface area contributed by atoms with Gasteiger partial charge in [0.25, 0.3) is 23.6 Å². The van der Waals surface area contributed by atoms with Crippen molar-refractivity contribution in [2.45, 2.75) is 327 Å². The zero-order valence-electron chi connectivity index (χ0n) is 77.8. The number of rotatable bonds is 56. The number of carbonyl (C=O) groups is 6. The van der Waals surface area contributed by atoms with Gasteiger partial charge in [0.1, 0.15) is 8.07 Å². The van der Waals surface area contributed by atoms with Gasteiger partial charge in [-0.3, -0.25) is 28.8 Å². The molecule has 0 radical (unpaired) electrons. The SMILES string of the molecule is CCCCCCC(=O)c1ccc(-c2ccc(C3=C4C(=O)N(CC(CC)CCCC)C(c5ccc(-c6cc7c(s6)-c6sc(-c8ccc(C9=C%10C(=O)N(CC(CC)CCCC)C(c%11ccc(-c%12ccc(C(=O)CCCCCC)s%12)s%11)=C%10C(=O)N9CC(CC)CCCC)s8)cc6[Si]7(CC(CC)CCCC)CC(CC)CCCC)s5)=C4C(=O)N3CC(CC)CCCC)s2)s1. The van der Waals surface area contributed by atoms with Crippen LogP contribution >= 0.6 is 90.7 Å². The molecule has 0 saturated heterocycles. The van der Waals surface area contributed by atoms with Crippen molar-refractivity contribution in [2.75, 3.05) is 26.2 Å². The van der Waals surface area contributed by atoms with Gasteiger partial charge >= 0.3 is 0 Å². The van der Waals surface area contributed by atoms with Crippen LogP contribution in [0.1, 0.15) is 354 Å². The number of carbonyl (C=O) groups excluding carboxylic acids is 6. The molecule has 19 heteroatoms. The predicted octanol–water partition coefficient (Wildman–Crippen LogP) is 31.6. The second-order valence-corrected chi connectivity index (χ2v) is 49.4. The highest BCUT2D eigenvalue weighted by molar-refractivity contribution is 7.34. The molecular weight excluding hydrogens is 1710 g/mol. The Kier molecular flexibility index (Phi) is 35.3. The topological polar surface area (TPSA) is 115 Å². The fourth-order valence-electron chi connectivity index (χ4n) is 20.1. The normalized spacial score (nSPS) is 17.3. The van der Waals surface area contributed by atoms with Crippen molar-refractivity contribution >= 4 is 167 Å². The summed E-state index contributed by atoms with van der Waals surface area (Å²) in [5.41, 5.74) is 5.26. The van der Waals surface area contributed by atoms with Crippen molar-refractivity contribution in [2.24, 2.45) is 35.5 Å². The standard InChI is InChI=1S/C106H142N4O6S8Si/c1-15-29-37-39-47-75(111)77-49-51-79(117-77)81-53-57-85(119-81)97-93-95(105(115)107(97)63-69(23-9)41-31-17-3)99(109(103(93)113)65-71(25-11)43-33-19-5)87-59-55-83(121-87)89-61-91-101(123-89)102-92(125(91,67-73(27-13)45-35-21-7)68-74(28-14)46-36-22-8)62-90(124-102)84-56-60-88(122-84)100-96-94(104(114)110(100)66-72(26-12)44-34-20-6)98(108(106(96)116)64-70(24-10)42-32-18-4)86-58-54-82(120-86)80-52-50-78(118-80)76(112)48-40-38-30-16-2/h49-62,69-74H,15-48,63-68H2,1-14H3. The van der Waals surface area contributed by atoms with Crippen LogP contribution in [0, 0.1) is 35.5 Å². The third kappa shape index (κ3) is 21.1. The molecule has 8 aromatic heterocycles. The Morgan fingerprint density at radius 1 is 0.272 bits per heavy atom. The van der Waals surface area contributed by atoms with Crippen LogP contribution in [0.2, 0.25) is 12.1 Å². The molecular formula is C106H142N4O6S8Si. The molecule has 6 unspecified atom stereocenters. The molecule has 8 aromatic rings. The van der Waals surface area contributed by atoms with Crippen molar-refractivity contribution in [1.29, 1.82) is 0 Å². The first-order valence-electron chi connectivity index (χ1n) is 49.1. The van der Waals surface area contributed by atoms with E-state index in [1.54, 1.807) is 78.4 Å². The molecule has 0 bridgehead atoms. The Balaban J connectivity index is 0.937. The maximum Gasteiger partial charge on any atom is 0.261 e. The van der Waals surface area contributed by atoms with Crippen molar-refractivity contribution in [3.8, 4) is 48.8 Å². The predicted molar refractivity (Wildman–Crippen MR) is 545 cm³/mol. The molecule has 5 aliphatic rings. The number of hydrogen-bond acceptors (Lipinski definition) is 14. The third-order valence-electron chi connectivity index (χ3n) is 28.0.